The van der Waals surface area contributed by atoms with E-state index in [0.717, 1.165) is 61.7 Å². The van der Waals surface area contributed by atoms with E-state index in [-0.39, 0.29) is 6.79 Å². The zero-order chi connectivity index (χ0) is 37.9. The molecule has 1 heterocycles. The summed E-state index contributed by atoms with van der Waals surface area (Å²) in [6.45, 7) is -0.0940. The normalized spacial score (nSPS) is 11.4. The molecule has 0 aliphatic carbocycles. The number of alkyl halides is 3. The van der Waals surface area contributed by atoms with Crippen molar-refractivity contribution in [3.8, 4) is 70.0 Å². The zero-order valence-electron chi connectivity index (χ0n) is 29.1. The van der Waals surface area contributed by atoms with Gasteiger partial charge in [-0.15, -0.1) is 0 Å². The van der Waals surface area contributed by atoms with Crippen LogP contribution in [0.3, 0.4) is 0 Å². The van der Waals surface area contributed by atoms with E-state index in [0.29, 0.717) is 39.3 Å². The Bertz CT molecular complexity index is 2870. The summed E-state index contributed by atoms with van der Waals surface area (Å²) in [5.74, 6) is 21.1. The van der Waals surface area contributed by atoms with Crippen LogP contribution in [0, 0.1) is 46.9 Å². The van der Waals surface area contributed by atoms with Gasteiger partial charge in [-0.2, -0.15) is 18.4 Å². The number of nitrogens with zero attached hydrogens (tertiary/aromatic N) is 1. The number of methoxy groups -OCH3 is 1. The van der Waals surface area contributed by atoms with Crippen molar-refractivity contribution >= 4 is 21.5 Å². The van der Waals surface area contributed by atoms with Crippen LogP contribution in [0.5, 0.6) is 17.2 Å². The first-order valence-electron chi connectivity index (χ1n) is 17.1. The summed E-state index contributed by atoms with van der Waals surface area (Å²) in [4.78, 5) is 0. The fraction of sp³-hybridized carbons (Fsp3) is 0.0625. The van der Waals surface area contributed by atoms with E-state index in [1.165, 1.54) is 12.1 Å². The van der Waals surface area contributed by atoms with Crippen LogP contribution in [0.4, 0.5) is 13.2 Å². The maximum atomic E-state index is 13.1. The summed E-state index contributed by atoms with van der Waals surface area (Å²) in [6.07, 6.45) is -4.43. The Balaban J connectivity index is 1.33. The highest BCUT2D eigenvalue weighted by molar-refractivity contribution is 6.12. The average Bonchev–Trinajstić information content (AvgIpc) is 3.42. The lowest BCUT2D eigenvalue weighted by molar-refractivity contribution is -0.137. The molecule has 0 spiro atoms. The van der Waals surface area contributed by atoms with Gasteiger partial charge in [-0.05, 0) is 119 Å². The number of halogens is 3. The molecular weight excluding hydrogens is 696 g/mol. The van der Waals surface area contributed by atoms with Gasteiger partial charge in [0.1, 0.15) is 17.2 Å². The van der Waals surface area contributed by atoms with E-state index in [1.54, 1.807) is 31.4 Å². The van der Waals surface area contributed by atoms with Gasteiger partial charge < -0.3 is 14.2 Å². The largest absolute Gasteiger partial charge is 0.497 e. The number of rotatable bonds is 1. The van der Waals surface area contributed by atoms with Crippen molar-refractivity contribution in [2.75, 3.05) is 13.9 Å². The summed E-state index contributed by atoms with van der Waals surface area (Å²) >= 11 is 0. The van der Waals surface area contributed by atoms with Crippen molar-refractivity contribution in [1.82, 2.24) is 0 Å². The third-order valence-corrected chi connectivity index (χ3v) is 9.10. The molecule has 0 unspecified atom stereocenters. The first-order chi connectivity index (χ1) is 26.8. The van der Waals surface area contributed by atoms with E-state index in [2.05, 4.69) is 41.6 Å². The summed E-state index contributed by atoms with van der Waals surface area (Å²) < 4.78 is 57.5. The van der Waals surface area contributed by atoms with Gasteiger partial charge >= 0.3 is 6.18 Å². The van der Waals surface area contributed by atoms with E-state index in [4.69, 9.17) is 14.2 Å². The Morgan fingerprint density at radius 3 is 1.64 bits per heavy atom. The van der Waals surface area contributed by atoms with Crippen molar-refractivity contribution in [2.24, 2.45) is 0 Å². The lowest BCUT2D eigenvalue weighted by atomic mass is 9.88. The lowest BCUT2D eigenvalue weighted by Crippen LogP contribution is -2.05. The number of nitriles is 1. The van der Waals surface area contributed by atoms with Gasteiger partial charge in [0.2, 0.25) is 6.79 Å². The van der Waals surface area contributed by atoms with Crippen LogP contribution in [0.1, 0.15) is 44.5 Å². The lowest BCUT2D eigenvalue weighted by Gasteiger charge is -2.16. The Labute approximate surface area is 315 Å². The minimum atomic E-state index is -4.43. The molecule has 7 aromatic rings. The van der Waals surface area contributed by atoms with Gasteiger partial charge in [0.15, 0.2) is 0 Å². The molecule has 0 saturated heterocycles. The second-order valence-electron chi connectivity index (χ2n) is 12.6. The monoisotopic (exact) mass is 721 g/mol. The number of hydrogen-bond donors (Lipinski definition) is 0. The summed E-state index contributed by atoms with van der Waals surface area (Å²) in [7, 11) is 1.62. The van der Waals surface area contributed by atoms with Gasteiger partial charge in [-0.1, -0.05) is 65.9 Å². The molecule has 7 heteroatoms. The first-order valence-corrected chi connectivity index (χ1v) is 17.1. The highest BCUT2D eigenvalue weighted by Gasteiger charge is 2.30. The smallest absolute Gasteiger partial charge is 0.416 e. The second-order valence-corrected chi connectivity index (χ2v) is 12.6. The molecule has 0 aromatic heterocycles. The van der Waals surface area contributed by atoms with Gasteiger partial charge in [0.25, 0.3) is 0 Å². The quantitative estimate of drug-likeness (QED) is 0.158. The standard InChI is InChI=1S/C48H26F3NO3/c1-53-41-23-16-33(17-24-41)13-19-37-27-36-4-2-3-5-42(36)44-45-43-25-18-34(9-6-32-14-21-40(22-15-32)48(49,50)51)26-39(43)28-38(47(45)55-30-54-46(37)44)20-12-31-7-10-35(29-52)11-8-31/h2-5,7-8,10-11,14-18,21-28H,30H2,1H3. The van der Waals surface area contributed by atoms with Crippen LogP contribution in [-0.2, 0) is 6.18 Å². The maximum absolute atomic E-state index is 13.1. The maximum Gasteiger partial charge on any atom is 0.416 e. The summed E-state index contributed by atoms with van der Waals surface area (Å²) in [5, 5.41) is 12.8. The van der Waals surface area contributed by atoms with Crippen molar-refractivity contribution in [3.05, 3.63) is 172 Å². The molecule has 7 aromatic carbocycles. The van der Waals surface area contributed by atoms with Gasteiger partial charge in [-0.3, -0.25) is 0 Å². The van der Waals surface area contributed by atoms with Crippen molar-refractivity contribution in [2.45, 2.75) is 6.18 Å². The molecule has 262 valence electrons. The van der Waals surface area contributed by atoms with E-state index in [1.807, 2.05) is 78.9 Å². The molecule has 1 aliphatic heterocycles. The molecule has 4 nitrogen and oxygen atoms in total. The third-order valence-electron chi connectivity index (χ3n) is 9.10. The SMILES string of the molecule is COc1ccc(C#Cc2cc3ccccc3c3c2OCOc2c(C#Cc4ccc(C#N)cc4)cc4cc(C#Cc5ccc(C(F)(F)F)cc5)ccc4c2-3)cc1. The molecular formula is C48H26F3NO3. The second kappa shape index (κ2) is 14.4. The Kier molecular flexibility index (Phi) is 9.06. The van der Waals surface area contributed by atoms with E-state index < -0.39 is 11.7 Å². The van der Waals surface area contributed by atoms with Crippen LogP contribution in [-0.4, -0.2) is 13.9 Å². The number of benzene rings is 7. The number of ether oxygens (including phenoxy) is 3. The molecule has 0 saturated carbocycles. The zero-order valence-corrected chi connectivity index (χ0v) is 29.1. The van der Waals surface area contributed by atoms with E-state index >= 15 is 0 Å². The molecule has 8 rings (SSSR count). The Morgan fingerprint density at radius 2 is 1.04 bits per heavy atom. The molecule has 1 aliphatic rings. The van der Waals surface area contributed by atoms with Gasteiger partial charge in [0, 0.05) is 33.4 Å². The minimum absolute atomic E-state index is 0.0940. The van der Waals surface area contributed by atoms with Crippen LogP contribution < -0.4 is 14.2 Å². The van der Waals surface area contributed by atoms with Crippen LogP contribution >= 0.6 is 0 Å². The summed E-state index contributed by atoms with van der Waals surface area (Å²) in [6, 6.07) is 39.2. The minimum Gasteiger partial charge on any atom is -0.497 e. The topological polar surface area (TPSA) is 51.5 Å². The number of hydrogen-bond acceptors (Lipinski definition) is 4. The van der Waals surface area contributed by atoms with Crippen LogP contribution in [0.25, 0.3) is 32.7 Å². The molecule has 0 N–H and O–H groups in total. The molecule has 0 radical (unpaired) electrons. The fourth-order valence-corrected chi connectivity index (χ4v) is 6.39. The van der Waals surface area contributed by atoms with Crippen LogP contribution in [0.2, 0.25) is 0 Å². The predicted octanol–water partition coefficient (Wildman–Crippen LogP) is 10.5. The molecule has 55 heavy (non-hydrogen) atoms. The third kappa shape index (κ3) is 7.12. The molecule has 0 fully saturated rings. The first kappa shape index (κ1) is 34.5. The van der Waals surface area contributed by atoms with Crippen molar-refractivity contribution in [1.29, 1.82) is 5.26 Å². The van der Waals surface area contributed by atoms with Crippen molar-refractivity contribution in [3.63, 3.8) is 0 Å². The van der Waals surface area contributed by atoms with Crippen molar-refractivity contribution < 1.29 is 27.4 Å². The average molecular weight is 722 g/mol. The fourth-order valence-electron chi connectivity index (χ4n) is 6.39. The van der Waals surface area contributed by atoms with Gasteiger partial charge in [0.05, 0.1) is 35.4 Å². The van der Waals surface area contributed by atoms with E-state index in [9.17, 15) is 18.4 Å². The Morgan fingerprint density at radius 1 is 0.545 bits per heavy atom. The highest BCUT2D eigenvalue weighted by atomic mass is 19.4. The predicted molar refractivity (Wildman–Crippen MR) is 207 cm³/mol. The Hall–Kier alpha value is -7.58. The van der Waals surface area contributed by atoms with Crippen LogP contribution in [0.15, 0.2) is 127 Å². The molecule has 0 amide bonds. The van der Waals surface area contributed by atoms with Gasteiger partial charge in [-0.25, -0.2) is 0 Å². The molecule has 0 atom stereocenters. The highest BCUT2D eigenvalue weighted by Crippen LogP contribution is 2.50. The molecule has 0 bridgehead atoms. The summed E-state index contributed by atoms with van der Waals surface area (Å²) in [5.41, 5.74) is 5.32. The number of fused-ring (bicyclic) bond motifs is 7.